The predicted octanol–water partition coefficient (Wildman–Crippen LogP) is 1.70. The summed E-state index contributed by atoms with van der Waals surface area (Å²) in [6, 6.07) is 4.52. The number of aliphatic hydroxyl groups is 2. The van der Waals surface area contributed by atoms with Crippen LogP contribution in [-0.2, 0) is 0 Å². The fourth-order valence-electron chi connectivity index (χ4n) is 1.61. The standard InChI is InChI=1S/C12H18FNO2/c1-8(7-15)14(3)11-6-4-5-10(13)12(11)9(2)16/h4-6,8-9,15-16H,7H2,1-3H3. The number of likely N-dealkylation sites (N-methyl/N-ethyl adjacent to an activating group) is 1. The minimum atomic E-state index is -0.871. The van der Waals surface area contributed by atoms with Gasteiger partial charge in [-0.3, -0.25) is 0 Å². The number of rotatable bonds is 4. The molecule has 4 heteroatoms. The van der Waals surface area contributed by atoms with Crippen molar-refractivity contribution in [2.24, 2.45) is 0 Å². The second kappa shape index (κ2) is 5.27. The van der Waals surface area contributed by atoms with Crippen molar-refractivity contribution in [3.05, 3.63) is 29.6 Å². The number of aliphatic hydroxyl groups excluding tert-OH is 2. The van der Waals surface area contributed by atoms with E-state index in [4.69, 9.17) is 5.11 Å². The molecule has 0 aromatic heterocycles. The van der Waals surface area contributed by atoms with Crippen LogP contribution in [0.3, 0.4) is 0 Å². The molecule has 0 radical (unpaired) electrons. The van der Waals surface area contributed by atoms with E-state index in [0.717, 1.165) is 0 Å². The lowest BCUT2D eigenvalue weighted by Crippen LogP contribution is -2.32. The molecule has 0 bridgehead atoms. The van der Waals surface area contributed by atoms with Crippen molar-refractivity contribution < 1.29 is 14.6 Å². The largest absolute Gasteiger partial charge is 0.394 e. The SMILES string of the molecule is CC(O)c1c(F)cccc1N(C)C(C)CO. The Labute approximate surface area is 95.1 Å². The van der Waals surface area contributed by atoms with E-state index >= 15 is 0 Å². The predicted molar refractivity (Wildman–Crippen MR) is 62.0 cm³/mol. The minimum absolute atomic E-state index is 0.0216. The number of halogens is 1. The fourth-order valence-corrected chi connectivity index (χ4v) is 1.61. The lowest BCUT2D eigenvalue weighted by atomic mass is 10.1. The zero-order valence-corrected chi connectivity index (χ0v) is 9.81. The van der Waals surface area contributed by atoms with Crippen LogP contribution in [0.1, 0.15) is 25.5 Å². The zero-order chi connectivity index (χ0) is 12.3. The molecular weight excluding hydrogens is 209 g/mol. The number of hydrogen-bond acceptors (Lipinski definition) is 3. The summed E-state index contributed by atoms with van der Waals surface area (Å²) >= 11 is 0. The Morgan fingerprint density at radius 3 is 2.50 bits per heavy atom. The summed E-state index contributed by atoms with van der Waals surface area (Å²) in [6.45, 7) is 3.34. The summed E-state index contributed by atoms with van der Waals surface area (Å²) in [4.78, 5) is 1.76. The smallest absolute Gasteiger partial charge is 0.131 e. The molecule has 2 unspecified atom stereocenters. The molecule has 0 aliphatic heterocycles. The van der Waals surface area contributed by atoms with E-state index in [1.165, 1.54) is 13.0 Å². The highest BCUT2D eigenvalue weighted by Crippen LogP contribution is 2.29. The summed E-state index contributed by atoms with van der Waals surface area (Å²) in [6.07, 6.45) is -0.871. The van der Waals surface area contributed by atoms with Crippen molar-refractivity contribution in [1.29, 1.82) is 0 Å². The van der Waals surface area contributed by atoms with E-state index in [1.807, 2.05) is 6.92 Å². The number of nitrogens with zero attached hydrogens (tertiary/aromatic N) is 1. The fraction of sp³-hybridized carbons (Fsp3) is 0.500. The first-order valence-electron chi connectivity index (χ1n) is 5.29. The average Bonchev–Trinajstić information content (AvgIpc) is 2.26. The summed E-state index contributed by atoms with van der Waals surface area (Å²) in [7, 11) is 1.77. The molecule has 16 heavy (non-hydrogen) atoms. The van der Waals surface area contributed by atoms with Gasteiger partial charge in [-0.25, -0.2) is 4.39 Å². The van der Waals surface area contributed by atoms with Gasteiger partial charge in [-0.05, 0) is 26.0 Å². The van der Waals surface area contributed by atoms with E-state index in [9.17, 15) is 9.50 Å². The molecule has 1 rings (SSSR count). The van der Waals surface area contributed by atoms with Gasteiger partial charge in [0.1, 0.15) is 5.82 Å². The first-order chi connectivity index (χ1) is 7.49. The van der Waals surface area contributed by atoms with Gasteiger partial charge < -0.3 is 15.1 Å². The topological polar surface area (TPSA) is 43.7 Å². The summed E-state index contributed by atoms with van der Waals surface area (Å²) in [5.74, 6) is -0.426. The molecule has 0 aliphatic carbocycles. The molecule has 2 N–H and O–H groups in total. The van der Waals surface area contributed by atoms with Crippen LogP contribution in [0.25, 0.3) is 0 Å². The van der Waals surface area contributed by atoms with E-state index in [0.29, 0.717) is 5.69 Å². The molecule has 1 aromatic carbocycles. The van der Waals surface area contributed by atoms with Crippen molar-refractivity contribution in [2.45, 2.75) is 26.0 Å². The second-order valence-electron chi connectivity index (χ2n) is 3.99. The van der Waals surface area contributed by atoms with Gasteiger partial charge in [0.15, 0.2) is 0 Å². The third kappa shape index (κ3) is 2.51. The molecule has 0 fully saturated rings. The van der Waals surface area contributed by atoms with Gasteiger partial charge in [0.05, 0.1) is 12.7 Å². The van der Waals surface area contributed by atoms with Crippen LogP contribution >= 0.6 is 0 Å². The summed E-state index contributed by atoms with van der Waals surface area (Å²) in [5, 5.41) is 18.6. The van der Waals surface area contributed by atoms with Gasteiger partial charge in [0, 0.05) is 24.3 Å². The van der Waals surface area contributed by atoms with E-state index < -0.39 is 11.9 Å². The quantitative estimate of drug-likeness (QED) is 0.822. The highest BCUT2D eigenvalue weighted by atomic mass is 19.1. The first kappa shape index (κ1) is 12.9. The van der Waals surface area contributed by atoms with Crippen molar-refractivity contribution in [3.63, 3.8) is 0 Å². The van der Waals surface area contributed by atoms with Crippen molar-refractivity contribution >= 4 is 5.69 Å². The van der Waals surface area contributed by atoms with Gasteiger partial charge in [-0.2, -0.15) is 0 Å². The van der Waals surface area contributed by atoms with Crippen LogP contribution in [0, 0.1) is 5.82 Å². The maximum atomic E-state index is 13.6. The molecule has 0 amide bonds. The average molecular weight is 227 g/mol. The highest BCUT2D eigenvalue weighted by Gasteiger charge is 2.18. The monoisotopic (exact) mass is 227 g/mol. The second-order valence-corrected chi connectivity index (χ2v) is 3.99. The Morgan fingerprint density at radius 1 is 1.38 bits per heavy atom. The van der Waals surface area contributed by atoms with E-state index in [1.54, 1.807) is 24.1 Å². The third-order valence-electron chi connectivity index (χ3n) is 2.75. The summed E-state index contributed by atoms with van der Waals surface area (Å²) < 4.78 is 13.6. The Kier molecular flexibility index (Phi) is 4.26. The Balaban J connectivity index is 3.17. The molecular formula is C12H18FNO2. The van der Waals surface area contributed by atoms with Crippen molar-refractivity contribution in [1.82, 2.24) is 0 Å². The minimum Gasteiger partial charge on any atom is -0.394 e. The lowest BCUT2D eigenvalue weighted by Gasteiger charge is -2.28. The molecule has 0 saturated carbocycles. The number of anilines is 1. The van der Waals surface area contributed by atoms with Crippen LogP contribution < -0.4 is 4.90 Å². The zero-order valence-electron chi connectivity index (χ0n) is 9.81. The normalized spacial score (nSPS) is 14.6. The molecule has 90 valence electrons. The van der Waals surface area contributed by atoms with Gasteiger partial charge in [0.2, 0.25) is 0 Å². The molecule has 0 aliphatic rings. The summed E-state index contributed by atoms with van der Waals surface area (Å²) in [5.41, 5.74) is 0.877. The first-order valence-corrected chi connectivity index (χ1v) is 5.29. The molecule has 0 spiro atoms. The van der Waals surface area contributed by atoms with Crippen molar-refractivity contribution in [2.75, 3.05) is 18.6 Å². The van der Waals surface area contributed by atoms with Crippen LogP contribution in [-0.4, -0.2) is 29.9 Å². The van der Waals surface area contributed by atoms with Gasteiger partial charge in [-0.15, -0.1) is 0 Å². The maximum absolute atomic E-state index is 13.6. The molecule has 0 saturated heterocycles. The lowest BCUT2D eigenvalue weighted by molar-refractivity contribution is 0.194. The molecule has 3 nitrogen and oxygen atoms in total. The third-order valence-corrected chi connectivity index (χ3v) is 2.75. The Bertz CT molecular complexity index is 355. The number of benzene rings is 1. The van der Waals surface area contributed by atoms with Crippen molar-refractivity contribution in [3.8, 4) is 0 Å². The van der Waals surface area contributed by atoms with Gasteiger partial charge >= 0.3 is 0 Å². The van der Waals surface area contributed by atoms with Crippen LogP contribution in [0.15, 0.2) is 18.2 Å². The molecule has 1 aromatic rings. The molecule has 2 atom stereocenters. The maximum Gasteiger partial charge on any atom is 0.131 e. The highest BCUT2D eigenvalue weighted by molar-refractivity contribution is 5.55. The van der Waals surface area contributed by atoms with Crippen LogP contribution in [0.4, 0.5) is 10.1 Å². The molecule has 0 heterocycles. The Hall–Kier alpha value is -1.13. The van der Waals surface area contributed by atoms with Gasteiger partial charge in [-0.1, -0.05) is 6.07 Å². The van der Waals surface area contributed by atoms with Crippen LogP contribution in [0.5, 0.6) is 0 Å². The Morgan fingerprint density at radius 2 is 2.00 bits per heavy atom. The van der Waals surface area contributed by atoms with Gasteiger partial charge in [0.25, 0.3) is 0 Å². The van der Waals surface area contributed by atoms with Crippen LogP contribution in [0.2, 0.25) is 0 Å². The van der Waals surface area contributed by atoms with E-state index in [2.05, 4.69) is 0 Å². The van der Waals surface area contributed by atoms with E-state index in [-0.39, 0.29) is 18.2 Å². The number of hydrogen-bond donors (Lipinski definition) is 2.